The number of aliphatic hydroxyl groups is 1. The van der Waals surface area contributed by atoms with Crippen LogP contribution in [0.15, 0.2) is 43.1 Å². The number of benzene rings is 1. The monoisotopic (exact) mass is 392 g/mol. The molecule has 1 aromatic carbocycles. The number of rotatable bonds is 4. The van der Waals surface area contributed by atoms with Gasteiger partial charge in [-0.2, -0.15) is 13.2 Å². The van der Waals surface area contributed by atoms with E-state index < -0.39 is 11.9 Å². The number of pyridine rings is 1. The van der Waals surface area contributed by atoms with Crippen molar-refractivity contribution in [2.24, 2.45) is 0 Å². The van der Waals surface area contributed by atoms with Crippen molar-refractivity contribution in [3.8, 4) is 0 Å². The van der Waals surface area contributed by atoms with Crippen molar-refractivity contribution in [3.05, 3.63) is 71.1 Å². The molecule has 1 unspecified atom stereocenters. The molecule has 0 bridgehead atoms. The standard InChI is InChI=1S/C14H17NO2.C7H6F3N/c1-3-15(9-16)14-7-6-11-4-5-12(10(2)17)8-13(11)14;1-5-3-2-4-11-6(5)7(8,9)10/h4-5,8-9,14,17H,2-3,6-7H2,1H3;2-4H,1H3. The minimum Gasteiger partial charge on any atom is -0.508 e. The third kappa shape index (κ3) is 4.91. The Labute approximate surface area is 162 Å². The lowest BCUT2D eigenvalue weighted by Crippen LogP contribution is -2.25. The number of aromatic nitrogens is 1. The molecule has 0 saturated heterocycles. The molecule has 0 spiro atoms. The number of hydrogen-bond acceptors (Lipinski definition) is 3. The van der Waals surface area contributed by atoms with Gasteiger partial charge in [-0.25, -0.2) is 0 Å². The maximum absolute atomic E-state index is 12.0. The van der Waals surface area contributed by atoms with Crippen molar-refractivity contribution < 1.29 is 23.1 Å². The summed E-state index contributed by atoms with van der Waals surface area (Å²) in [5.41, 5.74) is 2.49. The summed E-state index contributed by atoms with van der Waals surface area (Å²) in [7, 11) is 0. The van der Waals surface area contributed by atoms with Gasteiger partial charge in [-0.15, -0.1) is 0 Å². The topological polar surface area (TPSA) is 53.4 Å². The first-order valence-electron chi connectivity index (χ1n) is 8.90. The summed E-state index contributed by atoms with van der Waals surface area (Å²) in [6.45, 7) is 7.60. The van der Waals surface area contributed by atoms with Crippen molar-refractivity contribution >= 4 is 12.2 Å². The van der Waals surface area contributed by atoms with Crippen LogP contribution in [0.25, 0.3) is 5.76 Å². The fraction of sp³-hybridized carbons (Fsp3) is 0.333. The van der Waals surface area contributed by atoms with Crippen molar-refractivity contribution in [2.45, 2.75) is 38.9 Å². The van der Waals surface area contributed by atoms with Crippen LogP contribution in [-0.4, -0.2) is 27.9 Å². The molecule has 1 atom stereocenters. The second-order valence-electron chi connectivity index (χ2n) is 6.52. The third-order valence-corrected chi connectivity index (χ3v) is 4.70. The van der Waals surface area contributed by atoms with Crippen LogP contribution in [0.5, 0.6) is 0 Å². The molecule has 0 aliphatic heterocycles. The molecule has 0 fully saturated rings. The highest BCUT2D eigenvalue weighted by atomic mass is 19.4. The fourth-order valence-electron chi connectivity index (χ4n) is 3.26. The zero-order valence-electron chi connectivity index (χ0n) is 15.8. The number of carbonyl (C=O) groups excluding carboxylic acids is 1. The molecule has 2 aromatic rings. The second kappa shape index (κ2) is 8.91. The summed E-state index contributed by atoms with van der Waals surface area (Å²) >= 11 is 0. The van der Waals surface area contributed by atoms with Gasteiger partial charge in [-0.1, -0.05) is 24.8 Å². The summed E-state index contributed by atoms with van der Waals surface area (Å²) in [5, 5.41) is 9.42. The molecule has 28 heavy (non-hydrogen) atoms. The number of halogens is 3. The molecule has 1 heterocycles. The average molecular weight is 392 g/mol. The van der Waals surface area contributed by atoms with Gasteiger partial charge in [-0.05, 0) is 55.5 Å². The van der Waals surface area contributed by atoms with E-state index in [2.05, 4.69) is 11.6 Å². The molecule has 4 nitrogen and oxygen atoms in total. The van der Waals surface area contributed by atoms with Gasteiger partial charge >= 0.3 is 6.18 Å². The molecule has 1 amide bonds. The Morgan fingerprint density at radius 3 is 2.61 bits per heavy atom. The Bertz CT molecular complexity index is 850. The van der Waals surface area contributed by atoms with Gasteiger partial charge in [0.25, 0.3) is 0 Å². The van der Waals surface area contributed by atoms with Crippen LogP contribution >= 0.6 is 0 Å². The molecule has 0 saturated carbocycles. The number of aryl methyl sites for hydroxylation is 2. The summed E-state index contributed by atoms with van der Waals surface area (Å²) in [6.07, 6.45) is -0.340. The maximum Gasteiger partial charge on any atom is 0.433 e. The smallest absolute Gasteiger partial charge is 0.433 e. The van der Waals surface area contributed by atoms with Crippen LogP contribution in [-0.2, 0) is 17.4 Å². The zero-order chi connectivity index (χ0) is 20.9. The normalized spacial score (nSPS) is 15.2. The Morgan fingerprint density at radius 1 is 1.39 bits per heavy atom. The van der Waals surface area contributed by atoms with Crippen LogP contribution in [0.3, 0.4) is 0 Å². The first kappa shape index (κ1) is 21.5. The molecule has 1 aliphatic rings. The number of carbonyl (C=O) groups is 1. The van der Waals surface area contributed by atoms with Crippen LogP contribution in [0, 0.1) is 6.92 Å². The molecule has 7 heteroatoms. The molecule has 1 N–H and O–H groups in total. The number of aliphatic hydroxyl groups excluding tert-OH is 1. The Kier molecular flexibility index (Phi) is 6.83. The van der Waals surface area contributed by atoms with Crippen LogP contribution in [0.4, 0.5) is 13.2 Å². The van der Waals surface area contributed by atoms with Gasteiger partial charge in [0.1, 0.15) is 11.5 Å². The Hall–Kier alpha value is -2.83. The number of amides is 1. The predicted molar refractivity (Wildman–Crippen MR) is 102 cm³/mol. The summed E-state index contributed by atoms with van der Waals surface area (Å²) < 4.78 is 36.0. The number of alkyl halides is 3. The van der Waals surface area contributed by atoms with E-state index in [0.29, 0.717) is 6.54 Å². The molecule has 150 valence electrons. The first-order chi connectivity index (χ1) is 13.2. The molecular weight excluding hydrogens is 369 g/mol. The van der Waals surface area contributed by atoms with Gasteiger partial charge in [0.05, 0.1) is 6.04 Å². The Balaban J connectivity index is 0.000000221. The SMILES string of the molecule is C=C(O)c1ccc2c(c1)C(N(C=O)CC)CC2.Cc1cccnc1C(F)(F)F. The third-order valence-electron chi connectivity index (χ3n) is 4.70. The molecule has 1 aromatic heterocycles. The second-order valence-corrected chi connectivity index (χ2v) is 6.52. The van der Waals surface area contributed by atoms with E-state index in [1.54, 1.807) is 4.90 Å². The summed E-state index contributed by atoms with van der Waals surface area (Å²) in [5.74, 6) is 0.0765. The van der Waals surface area contributed by atoms with Crippen molar-refractivity contribution in [1.29, 1.82) is 0 Å². The molecule has 3 rings (SSSR count). The van der Waals surface area contributed by atoms with E-state index in [9.17, 15) is 23.1 Å². The summed E-state index contributed by atoms with van der Waals surface area (Å²) in [6, 6.07) is 8.85. The van der Waals surface area contributed by atoms with Gasteiger partial charge < -0.3 is 10.0 Å². The largest absolute Gasteiger partial charge is 0.508 e. The zero-order valence-corrected chi connectivity index (χ0v) is 15.8. The fourth-order valence-corrected chi connectivity index (χ4v) is 3.26. The predicted octanol–water partition coefficient (Wildman–Crippen LogP) is 5.09. The average Bonchev–Trinajstić information content (AvgIpc) is 3.06. The highest BCUT2D eigenvalue weighted by Gasteiger charge is 2.33. The maximum atomic E-state index is 12.0. The van der Waals surface area contributed by atoms with Gasteiger partial charge in [0, 0.05) is 18.3 Å². The Morgan fingerprint density at radius 2 is 2.11 bits per heavy atom. The minimum atomic E-state index is -4.33. The quantitative estimate of drug-likeness (QED) is 0.582. The van der Waals surface area contributed by atoms with Gasteiger partial charge in [0.15, 0.2) is 0 Å². The number of hydrogen-bond donors (Lipinski definition) is 1. The lowest BCUT2D eigenvalue weighted by atomic mass is 10.0. The highest BCUT2D eigenvalue weighted by molar-refractivity contribution is 5.59. The molecule has 1 aliphatic carbocycles. The highest BCUT2D eigenvalue weighted by Crippen LogP contribution is 2.36. The van der Waals surface area contributed by atoms with Gasteiger partial charge in [-0.3, -0.25) is 9.78 Å². The lowest BCUT2D eigenvalue weighted by Gasteiger charge is -2.24. The van der Waals surface area contributed by atoms with E-state index in [4.69, 9.17) is 0 Å². The van der Waals surface area contributed by atoms with Crippen LogP contribution < -0.4 is 0 Å². The van der Waals surface area contributed by atoms with Crippen molar-refractivity contribution in [3.63, 3.8) is 0 Å². The lowest BCUT2D eigenvalue weighted by molar-refractivity contribution is -0.141. The first-order valence-corrected chi connectivity index (χ1v) is 8.90. The van der Waals surface area contributed by atoms with E-state index >= 15 is 0 Å². The van der Waals surface area contributed by atoms with Gasteiger partial charge in [0.2, 0.25) is 6.41 Å². The number of nitrogens with zero attached hydrogens (tertiary/aromatic N) is 2. The molecule has 0 radical (unpaired) electrons. The van der Waals surface area contributed by atoms with E-state index in [-0.39, 0.29) is 17.4 Å². The van der Waals surface area contributed by atoms with E-state index in [1.165, 1.54) is 24.6 Å². The van der Waals surface area contributed by atoms with E-state index in [1.807, 2.05) is 25.1 Å². The van der Waals surface area contributed by atoms with Crippen molar-refractivity contribution in [2.75, 3.05) is 6.54 Å². The van der Waals surface area contributed by atoms with E-state index in [0.717, 1.165) is 36.6 Å². The van der Waals surface area contributed by atoms with Crippen LogP contribution in [0.1, 0.15) is 47.3 Å². The van der Waals surface area contributed by atoms with Crippen LogP contribution in [0.2, 0.25) is 0 Å². The number of fused-ring (bicyclic) bond motifs is 1. The molecular formula is C21H23F3N2O2. The summed E-state index contributed by atoms with van der Waals surface area (Å²) in [4.78, 5) is 16.0. The minimum absolute atomic E-state index is 0.0765. The van der Waals surface area contributed by atoms with Crippen molar-refractivity contribution in [1.82, 2.24) is 9.88 Å².